The Bertz CT molecular complexity index is 1270. The van der Waals surface area contributed by atoms with Gasteiger partial charge in [-0.1, -0.05) is 24.3 Å². The van der Waals surface area contributed by atoms with Crippen LogP contribution in [0.25, 0.3) is 22.3 Å². The largest absolute Gasteiger partial charge is 0.497 e. The van der Waals surface area contributed by atoms with Gasteiger partial charge in [-0.05, 0) is 68.3 Å². The van der Waals surface area contributed by atoms with Crippen molar-refractivity contribution in [2.45, 2.75) is 26.3 Å². The molecule has 0 atom stereocenters. The molecule has 0 spiro atoms. The molecule has 1 aromatic heterocycles. The smallest absolute Gasteiger partial charge is 0.261 e. The molecule has 33 heavy (non-hydrogen) atoms. The first-order valence-corrected chi connectivity index (χ1v) is 11.2. The number of unbranched alkanes of at least 4 members (excludes halogenated alkanes) is 1. The molecule has 0 N–H and O–H groups in total. The van der Waals surface area contributed by atoms with Crippen molar-refractivity contribution in [1.82, 2.24) is 9.55 Å². The monoisotopic (exact) mass is 444 g/mol. The van der Waals surface area contributed by atoms with Gasteiger partial charge in [0, 0.05) is 12.1 Å². The van der Waals surface area contributed by atoms with Crippen LogP contribution in [0.3, 0.4) is 0 Å². The number of hydrogen-bond donors (Lipinski definition) is 0. The van der Waals surface area contributed by atoms with Crippen molar-refractivity contribution in [3.8, 4) is 28.6 Å². The van der Waals surface area contributed by atoms with Gasteiger partial charge in [-0.25, -0.2) is 4.98 Å². The van der Waals surface area contributed by atoms with Crippen molar-refractivity contribution in [3.05, 3.63) is 83.2 Å². The van der Waals surface area contributed by atoms with Crippen molar-refractivity contribution in [1.29, 1.82) is 0 Å². The first kappa shape index (κ1) is 22.4. The van der Waals surface area contributed by atoms with E-state index >= 15 is 0 Å². The summed E-state index contributed by atoms with van der Waals surface area (Å²) in [5.41, 5.74) is 1.54. The fraction of sp³-hybridized carbons (Fsp3) is 0.259. The molecule has 0 saturated carbocycles. The van der Waals surface area contributed by atoms with Crippen LogP contribution in [0.4, 0.5) is 0 Å². The lowest BCUT2D eigenvalue weighted by Crippen LogP contribution is -2.24. The lowest BCUT2D eigenvalue weighted by atomic mass is 10.1. The van der Waals surface area contributed by atoms with E-state index < -0.39 is 0 Å². The van der Waals surface area contributed by atoms with Crippen molar-refractivity contribution in [2.75, 3.05) is 20.3 Å². The SMILES string of the molecule is CCOc1ccccc1OCCCCn1c(-c2ccc(OC)cc2)nc2ccccc2c1=O. The van der Waals surface area contributed by atoms with Crippen LogP contribution in [0.1, 0.15) is 19.8 Å². The summed E-state index contributed by atoms with van der Waals surface area (Å²) in [7, 11) is 1.63. The average molecular weight is 445 g/mol. The van der Waals surface area contributed by atoms with E-state index in [1.807, 2.05) is 79.7 Å². The van der Waals surface area contributed by atoms with E-state index in [9.17, 15) is 4.79 Å². The molecule has 170 valence electrons. The van der Waals surface area contributed by atoms with Crippen molar-refractivity contribution < 1.29 is 14.2 Å². The zero-order chi connectivity index (χ0) is 23.0. The summed E-state index contributed by atoms with van der Waals surface area (Å²) in [6.45, 7) is 3.63. The van der Waals surface area contributed by atoms with Crippen LogP contribution < -0.4 is 19.8 Å². The van der Waals surface area contributed by atoms with E-state index in [0.29, 0.717) is 36.5 Å². The molecule has 0 aliphatic rings. The zero-order valence-electron chi connectivity index (χ0n) is 19.0. The van der Waals surface area contributed by atoms with Gasteiger partial charge in [0.05, 0.1) is 31.2 Å². The molecule has 0 saturated heterocycles. The molecular formula is C27H28N2O4. The van der Waals surface area contributed by atoms with Gasteiger partial charge in [0.2, 0.25) is 0 Å². The molecule has 1 heterocycles. The Morgan fingerprint density at radius 2 is 1.55 bits per heavy atom. The van der Waals surface area contributed by atoms with Gasteiger partial charge in [-0.2, -0.15) is 0 Å². The lowest BCUT2D eigenvalue weighted by Gasteiger charge is -2.15. The molecule has 0 aliphatic carbocycles. The highest BCUT2D eigenvalue weighted by Crippen LogP contribution is 2.27. The molecule has 3 aromatic carbocycles. The van der Waals surface area contributed by atoms with E-state index in [1.165, 1.54) is 0 Å². The van der Waals surface area contributed by atoms with Crippen molar-refractivity contribution in [2.24, 2.45) is 0 Å². The van der Waals surface area contributed by atoms with Gasteiger partial charge in [0.1, 0.15) is 11.6 Å². The maximum absolute atomic E-state index is 13.3. The third-order valence-electron chi connectivity index (χ3n) is 5.39. The Hall–Kier alpha value is -3.80. The van der Waals surface area contributed by atoms with Crippen molar-refractivity contribution in [3.63, 3.8) is 0 Å². The zero-order valence-corrected chi connectivity index (χ0v) is 19.0. The van der Waals surface area contributed by atoms with Gasteiger partial charge >= 0.3 is 0 Å². The molecule has 0 bridgehead atoms. The predicted octanol–water partition coefficient (Wildman–Crippen LogP) is 5.33. The number of nitrogens with zero attached hydrogens (tertiary/aromatic N) is 2. The predicted molar refractivity (Wildman–Crippen MR) is 130 cm³/mol. The van der Waals surface area contributed by atoms with Crippen LogP contribution in [0.5, 0.6) is 17.2 Å². The Morgan fingerprint density at radius 3 is 2.27 bits per heavy atom. The third-order valence-corrected chi connectivity index (χ3v) is 5.39. The van der Waals surface area contributed by atoms with E-state index in [2.05, 4.69) is 0 Å². The van der Waals surface area contributed by atoms with E-state index in [4.69, 9.17) is 19.2 Å². The average Bonchev–Trinajstić information content (AvgIpc) is 2.86. The highest BCUT2D eigenvalue weighted by molar-refractivity contribution is 5.79. The number of methoxy groups -OCH3 is 1. The second kappa shape index (κ2) is 10.7. The van der Waals surface area contributed by atoms with Gasteiger partial charge in [0.25, 0.3) is 5.56 Å². The van der Waals surface area contributed by atoms with E-state index in [1.54, 1.807) is 11.7 Å². The molecule has 0 unspecified atom stereocenters. The molecule has 6 nitrogen and oxygen atoms in total. The maximum Gasteiger partial charge on any atom is 0.261 e. The maximum atomic E-state index is 13.3. The highest BCUT2D eigenvalue weighted by Gasteiger charge is 2.13. The first-order chi connectivity index (χ1) is 16.2. The van der Waals surface area contributed by atoms with Crippen LogP contribution in [0.15, 0.2) is 77.6 Å². The minimum Gasteiger partial charge on any atom is -0.497 e. The quantitative estimate of drug-likeness (QED) is 0.309. The Balaban J connectivity index is 1.52. The number of para-hydroxylation sites is 3. The van der Waals surface area contributed by atoms with Gasteiger partial charge in [-0.3, -0.25) is 9.36 Å². The molecule has 4 aromatic rings. The second-order valence-corrected chi connectivity index (χ2v) is 7.57. The molecule has 0 amide bonds. The standard InChI is InChI=1S/C27H28N2O4/c1-3-32-24-12-6-7-13-25(24)33-19-9-8-18-29-26(20-14-16-21(31-2)17-15-20)28-23-11-5-4-10-22(23)27(29)30/h4-7,10-17H,3,8-9,18-19H2,1-2H3. The number of fused-ring (bicyclic) bond motifs is 1. The minimum absolute atomic E-state index is 0.0333. The number of benzene rings is 3. The molecule has 0 radical (unpaired) electrons. The summed E-state index contributed by atoms with van der Waals surface area (Å²) in [6.07, 6.45) is 1.57. The van der Waals surface area contributed by atoms with Gasteiger partial charge in [-0.15, -0.1) is 0 Å². The number of rotatable bonds is 10. The van der Waals surface area contributed by atoms with Gasteiger partial charge < -0.3 is 14.2 Å². The number of aromatic nitrogens is 2. The van der Waals surface area contributed by atoms with E-state index in [0.717, 1.165) is 35.7 Å². The van der Waals surface area contributed by atoms with Crippen LogP contribution in [0.2, 0.25) is 0 Å². The summed E-state index contributed by atoms with van der Waals surface area (Å²) in [4.78, 5) is 18.1. The first-order valence-electron chi connectivity index (χ1n) is 11.2. The van der Waals surface area contributed by atoms with E-state index in [-0.39, 0.29) is 5.56 Å². The summed E-state index contributed by atoms with van der Waals surface area (Å²) >= 11 is 0. The van der Waals surface area contributed by atoms with Gasteiger partial charge in [0.15, 0.2) is 11.5 Å². The summed E-state index contributed by atoms with van der Waals surface area (Å²) in [5.74, 6) is 2.90. The minimum atomic E-state index is -0.0333. The molecular weight excluding hydrogens is 416 g/mol. The molecule has 0 aliphatic heterocycles. The topological polar surface area (TPSA) is 62.6 Å². The fourth-order valence-corrected chi connectivity index (χ4v) is 3.73. The molecule has 0 fully saturated rings. The lowest BCUT2D eigenvalue weighted by molar-refractivity contribution is 0.269. The molecule has 4 rings (SSSR count). The second-order valence-electron chi connectivity index (χ2n) is 7.57. The summed E-state index contributed by atoms with van der Waals surface area (Å²) in [6, 6.07) is 22.8. The summed E-state index contributed by atoms with van der Waals surface area (Å²) < 4.78 is 18.6. The fourth-order valence-electron chi connectivity index (χ4n) is 3.73. The normalized spacial score (nSPS) is 10.8. The Morgan fingerprint density at radius 1 is 0.848 bits per heavy atom. The number of hydrogen-bond acceptors (Lipinski definition) is 5. The Labute approximate surface area is 193 Å². The summed E-state index contributed by atoms with van der Waals surface area (Å²) in [5, 5.41) is 0.622. The molecule has 6 heteroatoms. The van der Waals surface area contributed by atoms with Crippen LogP contribution in [0, 0.1) is 0 Å². The number of ether oxygens (including phenoxy) is 3. The Kier molecular flexibility index (Phi) is 7.25. The highest BCUT2D eigenvalue weighted by atomic mass is 16.5. The van der Waals surface area contributed by atoms with Crippen LogP contribution in [-0.2, 0) is 6.54 Å². The third kappa shape index (κ3) is 5.17. The van der Waals surface area contributed by atoms with Crippen LogP contribution in [-0.4, -0.2) is 29.9 Å². The van der Waals surface area contributed by atoms with Crippen LogP contribution >= 0.6 is 0 Å². The van der Waals surface area contributed by atoms with Crippen molar-refractivity contribution >= 4 is 10.9 Å².